The molecule has 0 saturated carbocycles. The van der Waals surface area contributed by atoms with Crippen molar-refractivity contribution in [3.05, 3.63) is 29.8 Å². The van der Waals surface area contributed by atoms with E-state index in [1.165, 1.54) is 37.2 Å². The zero-order valence-corrected chi connectivity index (χ0v) is 9.07. The topological polar surface area (TPSA) is 12.0 Å². The van der Waals surface area contributed by atoms with Crippen molar-refractivity contribution in [1.29, 1.82) is 0 Å². The van der Waals surface area contributed by atoms with Gasteiger partial charge in [-0.15, -0.1) is 11.8 Å². The van der Waals surface area contributed by atoms with Gasteiger partial charge in [0, 0.05) is 9.64 Å². The largest absolute Gasteiger partial charge is 0.317 e. The Labute approximate surface area is 89.3 Å². The van der Waals surface area contributed by atoms with Gasteiger partial charge in [-0.3, -0.25) is 0 Å². The number of thioether (sulfide) groups is 1. The number of benzene rings is 1. The van der Waals surface area contributed by atoms with Crippen molar-refractivity contribution >= 4 is 11.8 Å². The third-order valence-corrected chi connectivity index (χ3v) is 4.93. The normalized spacial score (nSPS) is 23.7. The van der Waals surface area contributed by atoms with Crippen molar-refractivity contribution in [2.45, 2.75) is 28.9 Å². The van der Waals surface area contributed by atoms with Crippen molar-refractivity contribution in [3.63, 3.8) is 0 Å². The standard InChI is InChI=1S/C12H15NS/c1-2-4-11-10(3-1)9-12(14-11)5-7-13-8-6-12/h1-4,13H,5-9H2. The van der Waals surface area contributed by atoms with Gasteiger partial charge in [-0.05, 0) is 44.0 Å². The van der Waals surface area contributed by atoms with E-state index in [9.17, 15) is 0 Å². The van der Waals surface area contributed by atoms with E-state index in [0.717, 1.165) is 0 Å². The Hall–Kier alpha value is -0.470. The van der Waals surface area contributed by atoms with Crippen LogP contribution in [0.1, 0.15) is 18.4 Å². The molecule has 14 heavy (non-hydrogen) atoms. The number of rotatable bonds is 0. The van der Waals surface area contributed by atoms with Crippen molar-refractivity contribution in [2.24, 2.45) is 0 Å². The van der Waals surface area contributed by atoms with Gasteiger partial charge in [0.15, 0.2) is 0 Å². The second kappa shape index (κ2) is 3.28. The fourth-order valence-corrected chi connectivity index (χ4v) is 4.05. The van der Waals surface area contributed by atoms with Crippen LogP contribution in [0, 0.1) is 0 Å². The molecule has 0 amide bonds. The van der Waals surface area contributed by atoms with Crippen molar-refractivity contribution in [1.82, 2.24) is 5.32 Å². The molecule has 1 spiro atoms. The van der Waals surface area contributed by atoms with E-state index >= 15 is 0 Å². The summed E-state index contributed by atoms with van der Waals surface area (Å²) in [6.45, 7) is 2.39. The van der Waals surface area contributed by atoms with Crippen LogP contribution in [0.15, 0.2) is 29.2 Å². The molecule has 0 radical (unpaired) electrons. The van der Waals surface area contributed by atoms with Crippen molar-refractivity contribution < 1.29 is 0 Å². The molecule has 1 fully saturated rings. The van der Waals surface area contributed by atoms with Gasteiger partial charge >= 0.3 is 0 Å². The van der Waals surface area contributed by atoms with Crippen LogP contribution in [0.25, 0.3) is 0 Å². The van der Waals surface area contributed by atoms with Crippen molar-refractivity contribution in [3.8, 4) is 0 Å². The van der Waals surface area contributed by atoms with Crippen LogP contribution < -0.4 is 5.32 Å². The highest BCUT2D eigenvalue weighted by molar-refractivity contribution is 8.01. The maximum absolute atomic E-state index is 3.45. The van der Waals surface area contributed by atoms with E-state index in [1.54, 1.807) is 5.56 Å². The van der Waals surface area contributed by atoms with Gasteiger partial charge in [-0.2, -0.15) is 0 Å². The quantitative estimate of drug-likeness (QED) is 0.698. The molecular weight excluding hydrogens is 190 g/mol. The average Bonchev–Trinajstić information content (AvgIpc) is 2.56. The van der Waals surface area contributed by atoms with Gasteiger partial charge in [-0.1, -0.05) is 18.2 Å². The molecule has 1 aromatic rings. The van der Waals surface area contributed by atoms with Crippen LogP contribution in [0.4, 0.5) is 0 Å². The third kappa shape index (κ3) is 1.37. The van der Waals surface area contributed by atoms with E-state index in [2.05, 4.69) is 41.3 Å². The van der Waals surface area contributed by atoms with E-state index in [0.29, 0.717) is 4.75 Å². The molecule has 2 heterocycles. The van der Waals surface area contributed by atoms with Crippen LogP contribution in [-0.4, -0.2) is 17.8 Å². The maximum Gasteiger partial charge on any atom is 0.0272 e. The summed E-state index contributed by atoms with van der Waals surface area (Å²) in [7, 11) is 0. The van der Waals surface area contributed by atoms with E-state index in [4.69, 9.17) is 0 Å². The summed E-state index contributed by atoms with van der Waals surface area (Å²) in [4.78, 5) is 1.52. The summed E-state index contributed by atoms with van der Waals surface area (Å²) in [6, 6.07) is 8.89. The Morgan fingerprint density at radius 1 is 1.14 bits per heavy atom. The fraction of sp³-hybridized carbons (Fsp3) is 0.500. The highest BCUT2D eigenvalue weighted by atomic mass is 32.2. The molecule has 0 atom stereocenters. The van der Waals surface area contributed by atoms with Crippen LogP contribution in [0.3, 0.4) is 0 Å². The lowest BCUT2D eigenvalue weighted by molar-refractivity contribution is 0.417. The van der Waals surface area contributed by atoms with Crippen molar-refractivity contribution in [2.75, 3.05) is 13.1 Å². The molecule has 2 heteroatoms. The van der Waals surface area contributed by atoms with Crippen LogP contribution >= 0.6 is 11.8 Å². The Morgan fingerprint density at radius 2 is 1.93 bits per heavy atom. The number of nitrogens with one attached hydrogen (secondary N) is 1. The first-order valence-corrected chi connectivity index (χ1v) is 6.17. The summed E-state index contributed by atoms with van der Waals surface area (Å²) >= 11 is 2.12. The SMILES string of the molecule is c1ccc2c(c1)CC1(CCNCC1)S2. The molecule has 3 rings (SSSR count). The average molecular weight is 205 g/mol. The molecule has 1 N–H and O–H groups in total. The van der Waals surface area contributed by atoms with E-state index in [1.807, 2.05) is 0 Å². The number of fused-ring (bicyclic) bond motifs is 1. The van der Waals surface area contributed by atoms with Gasteiger partial charge in [-0.25, -0.2) is 0 Å². The molecule has 0 aromatic heterocycles. The molecule has 1 nitrogen and oxygen atoms in total. The lowest BCUT2D eigenvalue weighted by atomic mass is 9.90. The molecular formula is C12H15NS. The number of hydrogen-bond donors (Lipinski definition) is 1. The number of hydrogen-bond acceptors (Lipinski definition) is 2. The number of piperidine rings is 1. The smallest absolute Gasteiger partial charge is 0.0272 e. The molecule has 0 bridgehead atoms. The predicted molar refractivity (Wildman–Crippen MR) is 60.8 cm³/mol. The highest BCUT2D eigenvalue weighted by Gasteiger charge is 2.38. The molecule has 0 aliphatic carbocycles. The minimum atomic E-state index is 0.537. The molecule has 0 unspecified atom stereocenters. The second-order valence-electron chi connectivity index (χ2n) is 4.32. The lowest BCUT2D eigenvalue weighted by Gasteiger charge is -2.32. The van der Waals surface area contributed by atoms with E-state index in [-0.39, 0.29) is 0 Å². The van der Waals surface area contributed by atoms with Gasteiger partial charge < -0.3 is 5.32 Å². The summed E-state index contributed by atoms with van der Waals surface area (Å²) in [5.41, 5.74) is 1.57. The second-order valence-corrected chi connectivity index (χ2v) is 5.83. The molecule has 74 valence electrons. The monoisotopic (exact) mass is 205 g/mol. The van der Waals surface area contributed by atoms with Gasteiger partial charge in [0.05, 0.1) is 0 Å². The predicted octanol–water partition coefficient (Wildman–Crippen LogP) is 2.46. The van der Waals surface area contributed by atoms with Gasteiger partial charge in [0.1, 0.15) is 0 Å². The Kier molecular flexibility index (Phi) is 2.06. The molecule has 1 saturated heterocycles. The fourth-order valence-electron chi connectivity index (χ4n) is 2.53. The molecule has 2 aliphatic heterocycles. The Bertz CT molecular complexity index is 315. The van der Waals surface area contributed by atoms with Crippen LogP contribution in [0.2, 0.25) is 0 Å². The lowest BCUT2D eigenvalue weighted by Crippen LogP contribution is -2.39. The van der Waals surface area contributed by atoms with Crippen LogP contribution in [-0.2, 0) is 6.42 Å². The third-order valence-electron chi connectivity index (χ3n) is 3.33. The minimum absolute atomic E-state index is 0.537. The summed E-state index contributed by atoms with van der Waals surface area (Å²) in [5, 5.41) is 3.45. The first kappa shape index (κ1) is 8.81. The van der Waals surface area contributed by atoms with E-state index < -0.39 is 0 Å². The van der Waals surface area contributed by atoms with Gasteiger partial charge in [0.2, 0.25) is 0 Å². The summed E-state index contributed by atoms with van der Waals surface area (Å²) in [5.74, 6) is 0. The zero-order valence-electron chi connectivity index (χ0n) is 8.25. The molecule has 1 aromatic carbocycles. The minimum Gasteiger partial charge on any atom is -0.317 e. The Morgan fingerprint density at radius 3 is 2.71 bits per heavy atom. The summed E-state index contributed by atoms with van der Waals surface area (Å²) < 4.78 is 0.537. The highest BCUT2D eigenvalue weighted by Crippen LogP contribution is 2.49. The molecule has 2 aliphatic rings. The first-order chi connectivity index (χ1) is 6.88. The maximum atomic E-state index is 3.45. The van der Waals surface area contributed by atoms with Crippen LogP contribution in [0.5, 0.6) is 0 Å². The zero-order chi connectivity index (χ0) is 9.43. The van der Waals surface area contributed by atoms with Gasteiger partial charge in [0.25, 0.3) is 0 Å². The Balaban J connectivity index is 1.89. The summed E-state index contributed by atoms with van der Waals surface area (Å²) in [6.07, 6.45) is 3.94. The first-order valence-electron chi connectivity index (χ1n) is 5.36.